The Kier molecular flexibility index (Phi) is 3.22. The van der Waals surface area contributed by atoms with Gasteiger partial charge in [0.25, 0.3) is 0 Å². The van der Waals surface area contributed by atoms with Gasteiger partial charge < -0.3 is 20.3 Å². The normalized spacial score (nSPS) is 27.0. The number of phenolic OH excluding ortho intramolecular Hbond substituents is 2. The molecule has 2 aliphatic rings. The largest absolute Gasteiger partial charge is 0.508 e. The van der Waals surface area contributed by atoms with Gasteiger partial charge in [0.05, 0.1) is 11.6 Å². The summed E-state index contributed by atoms with van der Waals surface area (Å²) in [5.41, 5.74) is 2.72. The molecule has 0 unspecified atom stereocenters. The first-order valence-electron chi connectivity index (χ1n) is 9.02. The van der Waals surface area contributed by atoms with Gasteiger partial charge in [-0.3, -0.25) is 0 Å². The fraction of sp³-hybridized carbons (Fsp3) is 0.273. The first-order chi connectivity index (χ1) is 12.6. The van der Waals surface area contributed by atoms with E-state index in [2.05, 4.69) is 12.2 Å². The van der Waals surface area contributed by atoms with Gasteiger partial charge in [-0.05, 0) is 37.1 Å². The molecule has 4 heteroatoms. The Morgan fingerprint density at radius 3 is 2.54 bits per heavy atom. The van der Waals surface area contributed by atoms with E-state index in [1.165, 1.54) is 0 Å². The topological polar surface area (TPSA) is 61.7 Å². The lowest BCUT2D eigenvalue weighted by atomic mass is 9.72. The molecule has 1 saturated heterocycles. The van der Waals surface area contributed by atoms with Crippen molar-refractivity contribution in [2.24, 2.45) is 5.92 Å². The van der Waals surface area contributed by atoms with Gasteiger partial charge in [-0.1, -0.05) is 36.4 Å². The maximum atomic E-state index is 10.6. The van der Waals surface area contributed by atoms with Gasteiger partial charge in [0.15, 0.2) is 0 Å². The maximum Gasteiger partial charge on any atom is 0.123 e. The highest BCUT2D eigenvalue weighted by molar-refractivity contribution is 6.00. The number of nitrogens with one attached hydrogen (secondary N) is 1. The van der Waals surface area contributed by atoms with Crippen LogP contribution < -0.4 is 5.32 Å². The average Bonchev–Trinajstić information content (AvgIpc) is 3.06. The zero-order valence-corrected chi connectivity index (χ0v) is 14.6. The molecule has 132 valence electrons. The third-order valence-electron chi connectivity index (χ3n) is 6.05. The summed E-state index contributed by atoms with van der Waals surface area (Å²) in [5.74, 6) is 0.811. The van der Waals surface area contributed by atoms with E-state index in [0.717, 1.165) is 34.0 Å². The number of hydrogen-bond acceptors (Lipinski definition) is 4. The summed E-state index contributed by atoms with van der Waals surface area (Å²) in [6.45, 7) is 2.83. The van der Waals surface area contributed by atoms with E-state index in [9.17, 15) is 10.2 Å². The van der Waals surface area contributed by atoms with Gasteiger partial charge in [-0.2, -0.15) is 0 Å². The number of anilines is 1. The smallest absolute Gasteiger partial charge is 0.123 e. The molecule has 1 fully saturated rings. The molecule has 2 aliphatic heterocycles. The van der Waals surface area contributed by atoms with Crippen LogP contribution in [0.2, 0.25) is 0 Å². The molecule has 0 saturated carbocycles. The van der Waals surface area contributed by atoms with Crippen molar-refractivity contribution in [3.05, 3.63) is 65.7 Å². The molecular weight excluding hydrogens is 326 g/mol. The van der Waals surface area contributed by atoms with E-state index in [-0.39, 0.29) is 17.7 Å². The molecule has 3 atom stereocenters. The highest BCUT2D eigenvalue weighted by Gasteiger charge is 2.51. The molecule has 4 nitrogen and oxygen atoms in total. The molecule has 5 rings (SSSR count). The first kappa shape index (κ1) is 15.5. The van der Waals surface area contributed by atoms with Crippen molar-refractivity contribution in [3.8, 4) is 11.5 Å². The number of aromatic hydroxyl groups is 2. The Balaban J connectivity index is 1.75. The quantitative estimate of drug-likeness (QED) is 0.560. The van der Waals surface area contributed by atoms with Gasteiger partial charge in [-0.25, -0.2) is 0 Å². The van der Waals surface area contributed by atoms with Gasteiger partial charge >= 0.3 is 0 Å². The van der Waals surface area contributed by atoms with Crippen molar-refractivity contribution < 1.29 is 14.9 Å². The molecule has 0 bridgehead atoms. The minimum absolute atomic E-state index is 0.0866. The lowest BCUT2D eigenvalue weighted by molar-refractivity contribution is -0.0178. The van der Waals surface area contributed by atoms with E-state index in [1.807, 2.05) is 42.5 Å². The molecule has 2 heterocycles. The van der Waals surface area contributed by atoms with E-state index >= 15 is 0 Å². The van der Waals surface area contributed by atoms with Crippen LogP contribution in [0.25, 0.3) is 10.8 Å². The highest BCUT2D eigenvalue weighted by atomic mass is 16.5. The van der Waals surface area contributed by atoms with Gasteiger partial charge in [0, 0.05) is 34.5 Å². The van der Waals surface area contributed by atoms with Crippen LogP contribution in [0.1, 0.15) is 30.5 Å². The fourth-order valence-electron chi connectivity index (χ4n) is 4.70. The van der Waals surface area contributed by atoms with Crippen LogP contribution in [0.5, 0.6) is 11.5 Å². The number of benzene rings is 3. The SMILES string of the molecule is C[C@]12OCC[C@H]1[C@H](c1ccc(O)cc1)Nc1c2cc(O)c2ccccc12. The Labute approximate surface area is 152 Å². The zero-order valence-electron chi connectivity index (χ0n) is 14.6. The average molecular weight is 347 g/mol. The number of hydrogen-bond donors (Lipinski definition) is 3. The minimum atomic E-state index is -0.454. The molecule has 3 aromatic carbocycles. The second kappa shape index (κ2) is 5.39. The molecule has 0 aromatic heterocycles. The molecule has 0 spiro atoms. The molecule has 0 amide bonds. The van der Waals surface area contributed by atoms with Crippen LogP contribution in [0, 0.1) is 5.92 Å². The van der Waals surface area contributed by atoms with Crippen LogP contribution in [0.4, 0.5) is 5.69 Å². The van der Waals surface area contributed by atoms with Crippen molar-refractivity contribution >= 4 is 16.5 Å². The van der Waals surface area contributed by atoms with Crippen LogP contribution in [-0.2, 0) is 10.3 Å². The zero-order chi connectivity index (χ0) is 17.9. The van der Waals surface area contributed by atoms with Crippen LogP contribution in [-0.4, -0.2) is 16.8 Å². The molecule has 26 heavy (non-hydrogen) atoms. The minimum Gasteiger partial charge on any atom is -0.508 e. The van der Waals surface area contributed by atoms with E-state index < -0.39 is 5.60 Å². The number of rotatable bonds is 1. The summed E-state index contributed by atoms with van der Waals surface area (Å²) >= 11 is 0. The van der Waals surface area contributed by atoms with E-state index in [1.54, 1.807) is 12.1 Å². The Bertz CT molecular complexity index is 998. The van der Waals surface area contributed by atoms with Crippen molar-refractivity contribution in [3.63, 3.8) is 0 Å². The molecule has 0 radical (unpaired) electrons. The lowest BCUT2D eigenvalue weighted by Crippen LogP contribution is -2.40. The summed E-state index contributed by atoms with van der Waals surface area (Å²) in [7, 11) is 0. The van der Waals surface area contributed by atoms with Gasteiger partial charge in [0.2, 0.25) is 0 Å². The Hall–Kier alpha value is -2.72. The van der Waals surface area contributed by atoms with E-state index in [0.29, 0.717) is 12.4 Å². The summed E-state index contributed by atoms with van der Waals surface area (Å²) in [6.07, 6.45) is 0.946. The molecular formula is C22H21NO3. The third-order valence-corrected chi connectivity index (χ3v) is 6.05. The van der Waals surface area contributed by atoms with Crippen molar-refractivity contribution in [1.82, 2.24) is 0 Å². The monoisotopic (exact) mass is 347 g/mol. The van der Waals surface area contributed by atoms with Gasteiger partial charge in [0.1, 0.15) is 11.5 Å². The van der Waals surface area contributed by atoms with Crippen molar-refractivity contribution in [2.75, 3.05) is 11.9 Å². The number of phenols is 2. The second-order valence-electron chi connectivity index (χ2n) is 7.43. The first-order valence-corrected chi connectivity index (χ1v) is 9.02. The van der Waals surface area contributed by atoms with Crippen LogP contribution in [0.3, 0.4) is 0 Å². The maximum absolute atomic E-state index is 10.6. The Morgan fingerprint density at radius 2 is 1.77 bits per heavy atom. The summed E-state index contributed by atoms with van der Waals surface area (Å²) < 4.78 is 6.25. The molecule has 3 aromatic rings. The van der Waals surface area contributed by atoms with Crippen molar-refractivity contribution in [2.45, 2.75) is 25.0 Å². The number of ether oxygens (including phenoxy) is 1. The Morgan fingerprint density at radius 1 is 1.04 bits per heavy atom. The lowest BCUT2D eigenvalue weighted by Gasteiger charge is -2.44. The third kappa shape index (κ3) is 2.05. The van der Waals surface area contributed by atoms with E-state index in [4.69, 9.17) is 4.74 Å². The predicted octanol–water partition coefficient (Wildman–Crippen LogP) is 4.67. The van der Waals surface area contributed by atoms with Gasteiger partial charge in [-0.15, -0.1) is 0 Å². The number of fused-ring (bicyclic) bond motifs is 5. The second-order valence-corrected chi connectivity index (χ2v) is 7.43. The summed E-state index contributed by atoms with van der Waals surface area (Å²) in [4.78, 5) is 0. The highest BCUT2D eigenvalue weighted by Crippen LogP contribution is 2.56. The predicted molar refractivity (Wildman–Crippen MR) is 101 cm³/mol. The molecule has 3 N–H and O–H groups in total. The fourth-order valence-corrected chi connectivity index (χ4v) is 4.70. The summed E-state index contributed by atoms with van der Waals surface area (Å²) in [6, 6.07) is 17.2. The van der Waals surface area contributed by atoms with Crippen LogP contribution in [0.15, 0.2) is 54.6 Å². The summed E-state index contributed by atoms with van der Waals surface area (Å²) in [5, 5.41) is 25.8. The van der Waals surface area contributed by atoms with Crippen molar-refractivity contribution in [1.29, 1.82) is 0 Å². The standard InChI is InChI=1S/C22H21NO3/c1-22-17(10-11-26-22)20(13-6-8-14(24)9-7-13)23-21-16-5-3-2-4-15(16)19(25)12-18(21)22/h2-9,12,17,20,23-25H,10-11H2,1H3/t17-,20-,22-/m0/s1. The van der Waals surface area contributed by atoms with Crippen LogP contribution >= 0.6 is 0 Å². The molecule has 0 aliphatic carbocycles.